The third-order valence-corrected chi connectivity index (χ3v) is 15.2. The maximum Gasteiger partial charge on any atom is 0.410 e. The van der Waals surface area contributed by atoms with Gasteiger partial charge in [0.25, 0.3) is 5.91 Å². The summed E-state index contributed by atoms with van der Waals surface area (Å²) < 4.78 is 11.0. The van der Waals surface area contributed by atoms with Crippen LogP contribution in [0.25, 0.3) is 22.8 Å². The summed E-state index contributed by atoms with van der Waals surface area (Å²) in [6.45, 7) is 24.4. The number of aryl methyl sites for hydroxylation is 4. The molecule has 0 radical (unpaired) electrons. The molecule has 448 valence electrons. The molecule has 0 saturated carbocycles. The number of nitriles is 2. The van der Waals surface area contributed by atoms with Crippen LogP contribution in [0.15, 0.2) is 72.8 Å². The Morgan fingerprint density at radius 2 is 0.964 bits per heavy atom. The first kappa shape index (κ1) is 66.8. The van der Waals surface area contributed by atoms with E-state index in [9.17, 15) is 24.3 Å². The minimum Gasteiger partial charge on any atom is -0.478 e. The van der Waals surface area contributed by atoms with Crippen LogP contribution in [-0.4, -0.2) is 114 Å². The molecule has 6 aromatic rings. The monoisotopic (exact) mass is 1160 g/mol. The first-order chi connectivity index (χ1) is 38.5. The van der Waals surface area contributed by atoms with Crippen LogP contribution in [0.1, 0.15) is 182 Å². The zero-order valence-electron chi connectivity index (χ0n) is 48.9. The van der Waals surface area contributed by atoms with E-state index in [4.69, 9.17) is 25.0 Å². The van der Waals surface area contributed by atoms with Gasteiger partial charge in [-0.2, -0.15) is 10.5 Å². The average Bonchev–Trinajstić information content (AvgIpc) is 2.33. The second kappa shape index (κ2) is 28.5. The zero-order valence-corrected chi connectivity index (χ0v) is 49.7. The van der Waals surface area contributed by atoms with Crippen LogP contribution < -0.4 is 5.32 Å². The zero-order chi connectivity index (χ0) is 58.3. The molecule has 2 aromatic heterocycles. The predicted octanol–water partition coefficient (Wildman–Crippen LogP) is 13.3. The Bertz CT molecular complexity index is 3360. The van der Waals surface area contributed by atoms with Gasteiger partial charge in [-0.3, -0.25) is 4.79 Å². The number of amides is 3. The van der Waals surface area contributed by atoms with Crippen molar-refractivity contribution in [3.8, 4) is 34.9 Å². The molecule has 4 aliphatic rings. The number of aromatic nitrogens is 4. The predicted molar refractivity (Wildman–Crippen MR) is 330 cm³/mol. The van der Waals surface area contributed by atoms with Crippen LogP contribution in [0.3, 0.4) is 0 Å². The molecule has 0 atom stereocenters. The van der Waals surface area contributed by atoms with E-state index < -0.39 is 17.2 Å². The molecule has 17 nitrogen and oxygen atoms in total. The Hall–Kier alpha value is -7.99. The van der Waals surface area contributed by atoms with Crippen molar-refractivity contribution in [3.05, 3.63) is 151 Å². The number of halogens is 1. The quantitative estimate of drug-likeness (QED) is 0.122. The van der Waals surface area contributed by atoms with Gasteiger partial charge in [-0.1, -0.05) is 51.3 Å². The van der Waals surface area contributed by atoms with E-state index in [-0.39, 0.29) is 50.9 Å². The van der Waals surface area contributed by atoms with E-state index in [1.165, 1.54) is 24.0 Å². The number of nitrogens with one attached hydrogen (secondary N) is 3. The number of rotatable bonds is 6. The van der Waals surface area contributed by atoms with Gasteiger partial charge in [0.05, 0.1) is 64.7 Å². The van der Waals surface area contributed by atoms with Crippen molar-refractivity contribution in [2.75, 3.05) is 39.3 Å². The second-order valence-electron chi connectivity index (χ2n) is 23.7. The standard InChI is InChI=1S/C32H37N5O3.C20H25N3O4.C12H14N2.2CH4.ClH/c1-20-16-21(2)26(30(38)36-13-10-24(11-14-36)23-8-6-22(18-33)7-9-23)17-25(20)29-34-27-12-15-37(19-28(27)35-29)31(39)40-32(3,4)5;1-11-8-12(2)14(18(24)25)9-13(11)17-21-15-6-7-23(10-16(15)22-17)19(26)27-20(3,4)5;13-9-10-1-3-11(4-2-10)12-5-7-14-8-6-12;;;/h6-9,16-17,24H,10-15,19H2,1-5H3,(H,34,35);8-9H,6-7,10H2,1-5H3,(H,21,22)(H,24,25);1-4,12,14H,5-8H2;2*1H4;1H. The van der Waals surface area contributed by atoms with Gasteiger partial charge >= 0.3 is 18.2 Å². The summed E-state index contributed by atoms with van der Waals surface area (Å²) in [4.78, 5) is 71.6. The maximum atomic E-state index is 13.7. The number of aromatic carboxylic acids is 1. The Labute approximate surface area is 502 Å². The van der Waals surface area contributed by atoms with Crippen LogP contribution in [0, 0.1) is 50.4 Å². The molecule has 84 heavy (non-hydrogen) atoms. The molecule has 4 aromatic carbocycles. The Kier molecular flexibility index (Phi) is 22.7. The number of H-pyrrole nitrogens is 2. The number of imidazole rings is 2. The van der Waals surface area contributed by atoms with Gasteiger partial charge in [0, 0.05) is 55.7 Å². The molecular formula is C66H85ClN10O7. The van der Waals surface area contributed by atoms with Crippen LogP contribution in [0.2, 0.25) is 0 Å². The maximum absolute atomic E-state index is 13.7. The molecule has 6 heterocycles. The minimum absolute atomic E-state index is 0. The molecule has 4 N–H and O–H groups in total. The number of piperidine rings is 2. The SMILES string of the molecule is C.C.Cc1cc(C)c(-c2nc3c([nH]2)CN(C(=O)OC(C)(C)C)CC3)cc1C(=O)N1CCC(c2ccc(C#N)cc2)CC1.Cc1cc(C)c(-c2nc3c([nH]2)CN(C(=O)OC(C)(C)C)CC3)cc1C(=O)O.Cl.N#Cc1ccc(C2CCNCC2)cc1. The lowest BCUT2D eigenvalue weighted by Crippen LogP contribution is -2.39. The molecule has 2 saturated heterocycles. The largest absolute Gasteiger partial charge is 0.478 e. The summed E-state index contributed by atoms with van der Waals surface area (Å²) in [5.74, 6) is 1.52. The van der Waals surface area contributed by atoms with Crippen molar-refractivity contribution < 1.29 is 33.8 Å². The number of carbonyl (C=O) groups excluding carboxylic acids is 3. The number of carboxylic acid groups (broad SMARTS) is 1. The van der Waals surface area contributed by atoms with E-state index in [0.717, 1.165) is 93.5 Å². The van der Waals surface area contributed by atoms with Crippen molar-refractivity contribution in [2.45, 2.75) is 159 Å². The van der Waals surface area contributed by atoms with Crippen molar-refractivity contribution in [3.63, 3.8) is 0 Å². The molecule has 0 unspecified atom stereocenters. The topological polar surface area (TPSA) is 234 Å². The van der Waals surface area contributed by atoms with Gasteiger partial charge < -0.3 is 44.6 Å². The molecular weight excluding hydrogens is 1080 g/mol. The lowest BCUT2D eigenvalue weighted by atomic mass is 9.88. The third-order valence-electron chi connectivity index (χ3n) is 15.2. The summed E-state index contributed by atoms with van der Waals surface area (Å²) in [6, 6.07) is 27.7. The lowest BCUT2D eigenvalue weighted by Gasteiger charge is -2.32. The van der Waals surface area contributed by atoms with E-state index in [1.54, 1.807) is 22.8 Å². The van der Waals surface area contributed by atoms with Crippen LogP contribution >= 0.6 is 12.4 Å². The summed E-state index contributed by atoms with van der Waals surface area (Å²) in [5.41, 5.74) is 12.9. The number of ether oxygens (including phenoxy) is 2. The number of carboxylic acids is 1. The number of aromatic amines is 2. The van der Waals surface area contributed by atoms with Gasteiger partial charge in [0.2, 0.25) is 0 Å². The highest BCUT2D eigenvalue weighted by molar-refractivity contribution is 5.97. The molecule has 0 aliphatic carbocycles. The van der Waals surface area contributed by atoms with Crippen molar-refractivity contribution in [1.82, 2.24) is 40.0 Å². The van der Waals surface area contributed by atoms with Gasteiger partial charge in [0.15, 0.2) is 0 Å². The van der Waals surface area contributed by atoms with E-state index in [2.05, 4.69) is 50.6 Å². The molecule has 0 bridgehead atoms. The number of fused-ring (bicyclic) bond motifs is 2. The third kappa shape index (κ3) is 16.6. The first-order valence-electron chi connectivity index (χ1n) is 28.1. The second-order valence-corrected chi connectivity index (χ2v) is 23.7. The number of benzene rings is 4. The number of carbonyl (C=O) groups is 4. The molecule has 2 fully saturated rings. The fourth-order valence-electron chi connectivity index (χ4n) is 10.9. The number of hydrogen-bond donors (Lipinski definition) is 4. The van der Waals surface area contributed by atoms with E-state index in [0.29, 0.717) is 80.9 Å². The Balaban J connectivity index is 0.000000253. The van der Waals surface area contributed by atoms with E-state index in [1.807, 2.05) is 116 Å². The lowest BCUT2D eigenvalue weighted by molar-refractivity contribution is 0.0211. The number of likely N-dealkylation sites (tertiary alicyclic amines) is 1. The average molecular weight is 1170 g/mol. The first-order valence-corrected chi connectivity index (χ1v) is 28.1. The van der Waals surface area contributed by atoms with Gasteiger partial charge in [-0.25, -0.2) is 24.4 Å². The van der Waals surface area contributed by atoms with E-state index >= 15 is 0 Å². The normalized spacial score (nSPS) is 15.0. The van der Waals surface area contributed by atoms with Crippen molar-refractivity contribution >= 4 is 36.5 Å². The summed E-state index contributed by atoms with van der Waals surface area (Å²) in [6.07, 6.45) is 4.83. The van der Waals surface area contributed by atoms with Crippen molar-refractivity contribution in [2.24, 2.45) is 0 Å². The Morgan fingerprint density at radius 3 is 1.36 bits per heavy atom. The summed E-state index contributed by atoms with van der Waals surface area (Å²) in [5, 5.41) is 30.5. The van der Waals surface area contributed by atoms with Crippen LogP contribution in [0.4, 0.5) is 9.59 Å². The summed E-state index contributed by atoms with van der Waals surface area (Å²) in [7, 11) is 0. The molecule has 4 aliphatic heterocycles. The molecule has 3 amide bonds. The van der Waals surface area contributed by atoms with Gasteiger partial charge in [-0.05, 0) is 190 Å². The van der Waals surface area contributed by atoms with Crippen LogP contribution in [-0.2, 0) is 35.4 Å². The minimum atomic E-state index is -0.957. The molecule has 0 spiro atoms. The molecule has 10 rings (SSSR count). The highest BCUT2D eigenvalue weighted by Crippen LogP contribution is 2.33. The summed E-state index contributed by atoms with van der Waals surface area (Å²) >= 11 is 0. The molecule has 18 heteroatoms. The Morgan fingerprint density at radius 1 is 0.571 bits per heavy atom. The fourth-order valence-corrected chi connectivity index (χ4v) is 10.9. The van der Waals surface area contributed by atoms with Gasteiger partial charge in [0.1, 0.15) is 22.9 Å². The fraction of sp³-hybridized carbons (Fsp3) is 0.455. The highest BCUT2D eigenvalue weighted by Gasteiger charge is 2.31. The van der Waals surface area contributed by atoms with Crippen molar-refractivity contribution in [1.29, 1.82) is 10.5 Å². The van der Waals surface area contributed by atoms with Crippen LogP contribution in [0.5, 0.6) is 0 Å². The number of hydrogen-bond acceptors (Lipinski definition) is 11. The highest BCUT2D eigenvalue weighted by atomic mass is 35.5. The number of nitrogens with zero attached hydrogens (tertiary/aromatic N) is 7. The van der Waals surface area contributed by atoms with Gasteiger partial charge in [-0.15, -0.1) is 12.4 Å². The smallest absolute Gasteiger partial charge is 0.410 e.